The van der Waals surface area contributed by atoms with Crippen molar-refractivity contribution in [3.05, 3.63) is 46.5 Å². The number of Topliss-reactive ketones (excluding diaryl/α,β-unsaturated/α-hetero) is 1. The number of nitrogens with one attached hydrogen (secondary N) is 1. The molecule has 0 saturated heterocycles. The number of ketones is 2. The molecule has 1 aromatic carbocycles. The Morgan fingerprint density at radius 3 is 2.36 bits per heavy atom. The molecule has 8 nitrogen and oxygen atoms in total. The second-order valence-corrected chi connectivity index (χ2v) is 16.6. The molecule has 1 aromatic rings. The van der Waals surface area contributed by atoms with E-state index in [9.17, 15) is 24.6 Å². The lowest BCUT2D eigenvalue weighted by Crippen LogP contribution is -2.70. The van der Waals surface area contributed by atoms with Gasteiger partial charge >= 0.3 is 0 Å². The maximum Gasteiger partial charge on any atom is 0.231 e. The predicted molar refractivity (Wildman–Crippen MR) is 170 cm³/mol. The molecule has 2 fully saturated rings. The number of ether oxygens (including phenoxy) is 2. The van der Waals surface area contributed by atoms with Gasteiger partial charge in [-0.05, 0) is 133 Å². The highest BCUT2D eigenvalue weighted by Gasteiger charge is 2.70. The van der Waals surface area contributed by atoms with Crippen LogP contribution in [0.5, 0.6) is 0 Å². The minimum atomic E-state index is -1.49. The van der Waals surface area contributed by atoms with Gasteiger partial charge in [0, 0.05) is 23.3 Å². The summed E-state index contributed by atoms with van der Waals surface area (Å²) in [7, 11) is 0. The van der Waals surface area contributed by atoms with Gasteiger partial charge in [0.05, 0.1) is 39.6 Å². The summed E-state index contributed by atoms with van der Waals surface area (Å²) in [6, 6.07) is 3.97. The van der Waals surface area contributed by atoms with Gasteiger partial charge in [-0.1, -0.05) is 6.92 Å². The second kappa shape index (κ2) is 9.24. The van der Waals surface area contributed by atoms with E-state index in [1.165, 1.54) is 11.6 Å². The van der Waals surface area contributed by atoms with E-state index in [2.05, 4.69) is 39.1 Å². The van der Waals surface area contributed by atoms with Crippen LogP contribution in [-0.2, 0) is 25.5 Å². The van der Waals surface area contributed by atoms with Crippen molar-refractivity contribution in [2.45, 2.75) is 129 Å². The summed E-state index contributed by atoms with van der Waals surface area (Å²) in [5.41, 5.74) is -0.888. The first-order valence-corrected chi connectivity index (χ1v) is 16.5. The molecule has 3 heterocycles. The number of fused-ring (bicyclic) bond motifs is 9. The van der Waals surface area contributed by atoms with Crippen molar-refractivity contribution in [2.75, 3.05) is 5.32 Å². The van der Waals surface area contributed by atoms with E-state index in [-0.39, 0.29) is 41.3 Å². The van der Waals surface area contributed by atoms with Crippen LogP contribution in [0.1, 0.15) is 109 Å². The Morgan fingerprint density at radius 2 is 1.67 bits per heavy atom. The molecule has 8 heteroatoms. The van der Waals surface area contributed by atoms with Crippen molar-refractivity contribution in [1.29, 1.82) is 0 Å². The average Bonchev–Trinajstić information content (AvgIpc) is 3.27. The quantitative estimate of drug-likeness (QED) is 0.389. The van der Waals surface area contributed by atoms with E-state index < -0.39 is 39.8 Å². The summed E-state index contributed by atoms with van der Waals surface area (Å²) in [6.07, 6.45) is 4.77. The maximum absolute atomic E-state index is 14.7. The fourth-order valence-electron chi connectivity index (χ4n) is 10.1. The zero-order valence-electron chi connectivity index (χ0n) is 27.8. The molecular formula is C37H47NO7. The van der Waals surface area contributed by atoms with Gasteiger partial charge in [0.1, 0.15) is 6.10 Å². The van der Waals surface area contributed by atoms with Crippen LogP contribution in [0.4, 0.5) is 5.69 Å². The Bertz CT molecular complexity index is 1610. The van der Waals surface area contributed by atoms with Crippen LogP contribution >= 0.6 is 0 Å². The van der Waals surface area contributed by atoms with E-state index in [1.54, 1.807) is 13.8 Å². The zero-order valence-corrected chi connectivity index (χ0v) is 27.8. The zero-order chi connectivity index (χ0) is 32.7. The van der Waals surface area contributed by atoms with Crippen LogP contribution in [0.15, 0.2) is 29.9 Å². The fraction of sp³-hybridized carbons (Fsp3) is 0.649. The van der Waals surface area contributed by atoms with Gasteiger partial charge in [-0.25, -0.2) is 0 Å². The summed E-state index contributed by atoms with van der Waals surface area (Å²) in [5.74, 6) is -0.750. The van der Waals surface area contributed by atoms with E-state index in [1.807, 2.05) is 26.0 Å². The third kappa shape index (κ3) is 4.14. The lowest BCUT2D eigenvalue weighted by Gasteiger charge is -2.65. The molecule has 7 atom stereocenters. The Balaban J connectivity index is 1.30. The minimum absolute atomic E-state index is 0.00476. The molecule has 242 valence electrons. The summed E-state index contributed by atoms with van der Waals surface area (Å²) in [5, 5.41) is 26.4. The normalized spacial score (nSPS) is 39.8. The molecule has 0 bridgehead atoms. The first-order chi connectivity index (χ1) is 20.7. The average molecular weight is 618 g/mol. The molecule has 6 aliphatic rings. The topological polar surface area (TPSA) is 122 Å². The number of anilines is 1. The highest BCUT2D eigenvalue weighted by Crippen LogP contribution is 2.67. The van der Waals surface area contributed by atoms with Crippen LogP contribution in [-0.4, -0.2) is 62.3 Å². The van der Waals surface area contributed by atoms with Crippen molar-refractivity contribution in [3.8, 4) is 0 Å². The molecule has 45 heavy (non-hydrogen) atoms. The summed E-state index contributed by atoms with van der Waals surface area (Å²) in [6.45, 7) is 15.3. The van der Waals surface area contributed by atoms with Gasteiger partial charge in [0.15, 0.2) is 11.6 Å². The number of carbonyl (C=O) groups is 3. The number of hydrogen-bond acceptors (Lipinski definition) is 7. The molecular weight excluding hydrogens is 570 g/mol. The van der Waals surface area contributed by atoms with Crippen molar-refractivity contribution in [3.63, 3.8) is 0 Å². The van der Waals surface area contributed by atoms with E-state index in [4.69, 9.17) is 9.47 Å². The van der Waals surface area contributed by atoms with Crippen LogP contribution in [0.2, 0.25) is 0 Å². The van der Waals surface area contributed by atoms with Gasteiger partial charge in [0.25, 0.3) is 0 Å². The Hall–Kier alpha value is -2.65. The Kier molecular flexibility index (Phi) is 6.36. The molecule has 3 aliphatic carbocycles. The SMILES string of the molecule is CC1(C)C=C2c3cc4c(cc3CC2C(C)(C)O1)C(=O)C[C@@H]1CC[C@@]2(O)C3=CC(=O)[C@@H](C(C)(C)O)OC3CC[C@]2(C)[C@@]1(C)C(=O)N4. The Morgan fingerprint density at radius 1 is 0.956 bits per heavy atom. The number of hydrogen-bond donors (Lipinski definition) is 3. The first-order valence-electron chi connectivity index (χ1n) is 16.5. The molecule has 3 aliphatic heterocycles. The predicted octanol–water partition coefficient (Wildman–Crippen LogP) is 5.34. The van der Waals surface area contributed by atoms with Crippen LogP contribution in [0.25, 0.3) is 5.57 Å². The molecule has 7 rings (SSSR count). The minimum Gasteiger partial charge on any atom is -0.387 e. The van der Waals surface area contributed by atoms with E-state index >= 15 is 0 Å². The largest absolute Gasteiger partial charge is 0.387 e. The third-order valence-corrected chi connectivity index (χ3v) is 12.6. The molecule has 0 radical (unpaired) electrons. The molecule has 0 aromatic heterocycles. The number of rotatable bonds is 1. The first kappa shape index (κ1) is 31.0. The smallest absolute Gasteiger partial charge is 0.231 e. The van der Waals surface area contributed by atoms with Gasteiger partial charge < -0.3 is 25.0 Å². The van der Waals surface area contributed by atoms with E-state index in [0.29, 0.717) is 42.5 Å². The lowest BCUT2D eigenvalue weighted by atomic mass is 9.41. The highest BCUT2D eigenvalue weighted by atomic mass is 16.5. The summed E-state index contributed by atoms with van der Waals surface area (Å²) in [4.78, 5) is 42.0. The van der Waals surface area contributed by atoms with Gasteiger partial charge in [-0.15, -0.1) is 0 Å². The van der Waals surface area contributed by atoms with Crippen molar-refractivity contribution >= 4 is 28.7 Å². The highest BCUT2D eigenvalue weighted by molar-refractivity contribution is 6.09. The molecule has 3 N–H and O–H groups in total. The van der Waals surface area contributed by atoms with Crippen molar-refractivity contribution in [1.82, 2.24) is 0 Å². The molecule has 2 saturated carbocycles. The third-order valence-electron chi connectivity index (χ3n) is 12.6. The monoisotopic (exact) mass is 617 g/mol. The van der Waals surface area contributed by atoms with E-state index in [0.717, 1.165) is 17.5 Å². The maximum atomic E-state index is 14.7. The number of amides is 1. The number of benzene rings is 1. The fourth-order valence-corrected chi connectivity index (χ4v) is 10.1. The lowest BCUT2D eigenvalue weighted by molar-refractivity contribution is -0.215. The summed E-state index contributed by atoms with van der Waals surface area (Å²) < 4.78 is 12.6. The van der Waals surface area contributed by atoms with Crippen LogP contribution < -0.4 is 5.32 Å². The Labute approximate surface area is 265 Å². The standard InChI is InChI=1S/C37H47NO7/c1-32(2)18-23-21-16-26-22(13-19(21)14-24(23)34(5,6)45-32)27(39)15-20-9-12-37(43)25-17-28(40)30(33(3,4)42)44-29(25)10-11-35(37,7)36(20,8)31(41)38-26/h13,16-18,20,24,29-30,42-43H,9-12,14-15H2,1-8H3,(H,38,41)/t20-,24?,29?,30-,35+,36+,37+/m0/s1. The second-order valence-electron chi connectivity index (χ2n) is 16.6. The van der Waals surface area contributed by atoms with Gasteiger partial charge in [-0.2, -0.15) is 0 Å². The number of aliphatic hydroxyl groups is 2. The molecule has 2 unspecified atom stereocenters. The number of carbonyl (C=O) groups excluding carboxylic acids is 3. The van der Waals surface area contributed by atoms with Gasteiger partial charge in [-0.3, -0.25) is 14.4 Å². The van der Waals surface area contributed by atoms with Crippen LogP contribution in [0, 0.1) is 22.7 Å². The van der Waals surface area contributed by atoms with Crippen molar-refractivity contribution < 1.29 is 34.1 Å². The molecule has 1 amide bonds. The molecule has 0 spiro atoms. The van der Waals surface area contributed by atoms with Crippen molar-refractivity contribution in [2.24, 2.45) is 22.7 Å². The summed E-state index contributed by atoms with van der Waals surface area (Å²) >= 11 is 0. The van der Waals surface area contributed by atoms with Gasteiger partial charge in [0.2, 0.25) is 5.91 Å². The van der Waals surface area contributed by atoms with Crippen LogP contribution in [0.3, 0.4) is 0 Å².